The highest BCUT2D eigenvalue weighted by atomic mass is 19.4. The van der Waals surface area contributed by atoms with Gasteiger partial charge >= 0.3 is 6.18 Å². The van der Waals surface area contributed by atoms with Gasteiger partial charge in [0.1, 0.15) is 0 Å². The van der Waals surface area contributed by atoms with Gasteiger partial charge in [-0.1, -0.05) is 26.0 Å². The van der Waals surface area contributed by atoms with Crippen LogP contribution in [0.2, 0.25) is 0 Å². The zero-order valence-electron chi connectivity index (χ0n) is 11.0. The third-order valence-electron chi connectivity index (χ3n) is 3.34. The van der Waals surface area contributed by atoms with Crippen molar-refractivity contribution >= 4 is 0 Å². The second-order valence-electron chi connectivity index (χ2n) is 4.68. The molecule has 1 aromatic rings. The molecule has 0 saturated heterocycles. The maximum absolute atomic E-state index is 12.4. The molecule has 0 aliphatic carbocycles. The van der Waals surface area contributed by atoms with Gasteiger partial charge in [0.2, 0.25) is 0 Å². The summed E-state index contributed by atoms with van der Waals surface area (Å²) in [6.07, 6.45) is -2.45. The van der Waals surface area contributed by atoms with Crippen LogP contribution in [0.15, 0.2) is 24.3 Å². The zero-order valence-corrected chi connectivity index (χ0v) is 11.0. The van der Waals surface area contributed by atoms with E-state index >= 15 is 0 Å². The Morgan fingerprint density at radius 1 is 1.17 bits per heavy atom. The summed E-state index contributed by atoms with van der Waals surface area (Å²) in [6, 6.07) is 5.85. The van der Waals surface area contributed by atoms with Crippen LogP contribution in [0.4, 0.5) is 13.2 Å². The van der Waals surface area contributed by atoms with Gasteiger partial charge in [-0.15, -0.1) is 0 Å². The third-order valence-corrected chi connectivity index (χ3v) is 3.34. The van der Waals surface area contributed by atoms with Crippen molar-refractivity contribution in [3.05, 3.63) is 35.4 Å². The van der Waals surface area contributed by atoms with E-state index in [-0.39, 0.29) is 0 Å². The summed E-state index contributed by atoms with van der Waals surface area (Å²) in [4.78, 5) is 0. The van der Waals surface area contributed by atoms with E-state index in [4.69, 9.17) is 0 Å². The molecule has 102 valence electrons. The SMILES string of the molecule is CCC(NC)C(C)Cc1ccc(C(F)(F)F)cc1. The number of halogens is 3. The lowest BCUT2D eigenvalue weighted by molar-refractivity contribution is -0.137. The Kier molecular flexibility index (Phi) is 5.20. The van der Waals surface area contributed by atoms with Gasteiger partial charge in [-0.2, -0.15) is 13.2 Å². The minimum Gasteiger partial charge on any atom is -0.317 e. The van der Waals surface area contributed by atoms with E-state index in [0.29, 0.717) is 12.0 Å². The van der Waals surface area contributed by atoms with Crippen molar-refractivity contribution in [1.29, 1.82) is 0 Å². The minimum atomic E-state index is -4.25. The Bertz CT molecular complexity index is 352. The molecular weight excluding hydrogens is 239 g/mol. The van der Waals surface area contributed by atoms with E-state index in [1.807, 2.05) is 7.05 Å². The van der Waals surface area contributed by atoms with Crippen molar-refractivity contribution in [3.8, 4) is 0 Å². The monoisotopic (exact) mass is 259 g/mol. The van der Waals surface area contributed by atoms with Crippen LogP contribution in [0.1, 0.15) is 31.4 Å². The van der Waals surface area contributed by atoms with Gasteiger partial charge in [0.15, 0.2) is 0 Å². The van der Waals surface area contributed by atoms with Crippen molar-refractivity contribution in [2.24, 2.45) is 5.92 Å². The van der Waals surface area contributed by atoms with Crippen LogP contribution in [-0.2, 0) is 12.6 Å². The first-order valence-corrected chi connectivity index (χ1v) is 6.21. The molecule has 1 aromatic carbocycles. The molecule has 0 aliphatic heterocycles. The van der Waals surface area contributed by atoms with Crippen molar-refractivity contribution in [1.82, 2.24) is 5.32 Å². The largest absolute Gasteiger partial charge is 0.416 e. The molecule has 0 fully saturated rings. The summed E-state index contributed by atoms with van der Waals surface area (Å²) in [5.74, 6) is 0.400. The molecule has 0 bridgehead atoms. The normalized spacial score (nSPS) is 15.4. The second-order valence-corrected chi connectivity index (χ2v) is 4.68. The van der Waals surface area contributed by atoms with Crippen LogP contribution in [0.3, 0.4) is 0 Å². The molecule has 0 aromatic heterocycles. The maximum Gasteiger partial charge on any atom is 0.416 e. The molecule has 2 unspecified atom stereocenters. The first-order chi connectivity index (χ1) is 8.38. The van der Waals surface area contributed by atoms with E-state index in [1.54, 1.807) is 12.1 Å². The first kappa shape index (κ1) is 15.0. The Labute approximate surface area is 106 Å². The number of nitrogens with one attached hydrogen (secondary N) is 1. The molecule has 0 saturated carbocycles. The average Bonchev–Trinajstić information content (AvgIpc) is 2.30. The van der Waals surface area contributed by atoms with Crippen LogP contribution in [0, 0.1) is 5.92 Å². The Hall–Kier alpha value is -1.03. The third kappa shape index (κ3) is 4.02. The summed E-state index contributed by atoms with van der Waals surface area (Å²) in [5, 5.41) is 3.23. The molecule has 4 heteroatoms. The Balaban J connectivity index is 2.69. The van der Waals surface area contributed by atoms with Gasteiger partial charge in [-0.05, 0) is 43.5 Å². The Morgan fingerprint density at radius 3 is 2.11 bits per heavy atom. The molecule has 2 atom stereocenters. The number of rotatable bonds is 5. The molecular formula is C14H20F3N. The maximum atomic E-state index is 12.4. The highest BCUT2D eigenvalue weighted by molar-refractivity contribution is 5.25. The van der Waals surface area contributed by atoms with Crippen molar-refractivity contribution < 1.29 is 13.2 Å². The average molecular weight is 259 g/mol. The van der Waals surface area contributed by atoms with Crippen LogP contribution in [0.5, 0.6) is 0 Å². The predicted molar refractivity (Wildman–Crippen MR) is 67.5 cm³/mol. The zero-order chi connectivity index (χ0) is 13.8. The van der Waals surface area contributed by atoms with Gasteiger partial charge in [-0.25, -0.2) is 0 Å². The van der Waals surface area contributed by atoms with Gasteiger partial charge in [-0.3, -0.25) is 0 Å². The lowest BCUT2D eigenvalue weighted by atomic mass is 9.92. The fourth-order valence-corrected chi connectivity index (χ4v) is 2.23. The smallest absolute Gasteiger partial charge is 0.317 e. The number of hydrogen-bond donors (Lipinski definition) is 1. The van der Waals surface area contributed by atoms with Gasteiger partial charge < -0.3 is 5.32 Å². The van der Waals surface area contributed by atoms with Crippen LogP contribution < -0.4 is 5.32 Å². The molecule has 1 rings (SSSR count). The van der Waals surface area contributed by atoms with Crippen molar-refractivity contribution in [2.75, 3.05) is 7.05 Å². The number of benzene rings is 1. The van der Waals surface area contributed by atoms with E-state index in [2.05, 4.69) is 19.2 Å². The molecule has 0 aliphatic rings. The minimum absolute atomic E-state index is 0.396. The predicted octanol–water partition coefficient (Wildman–Crippen LogP) is 3.88. The topological polar surface area (TPSA) is 12.0 Å². The van der Waals surface area contributed by atoms with Crippen LogP contribution in [-0.4, -0.2) is 13.1 Å². The second kappa shape index (κ2) is 6.23. The van der Waals surface area contributed by atoms with E-state index in [1.165, 1.54) is 0 Å². The molecule has 0 amide bonds. The van der Waals surface area contributed by atoms with Gasteiger partial charge in [0.25, 0.3) is 0 Å². The lowest BCUT2D eigenvalue weighted by Crippen LogP contribution is -2.32. The molecule has 1 N–H and O–H groups in total. The van der Waals surface area contributed by atoms with Gasteiger partial charge in [0.05, 0.1) is 5.56 Å². The summed E-state index contributed by atoms with van der Waals surface area (Å²) >= 11 is 0. The molecule has 1 nitrogen and oxygen atoms in total. The highest BCUT2D eigenvalue weighted by Gasteiger charge is 2.30. The summed E-state index contributed by atoms with van der Waals surface area (Å²) in [6.45, 7) is 4.22. The molecule has 0 radical (unpaired) electrons. The molecule has 18 heavy (non-hydrogen) atoms. The standard InChI is InChI=1S/C14H20F3N/c1-4-13(18-3)10(2)9-11-5-7-12(8-6-11)14(15,16)17/h5-8,10,13,18H,4,9H2,1-3H3. The quantitative estimate of drug-likeness (QED) is 0.846. The van der Waals surface area contributed by atoms with E-state index in [9.17, 15) is 13.2 Å². The van der Waals surface area contributed by atoms with Crippen LogP contribution in [0.25, 0.3) is 0 Å². The van der Waals surface area contributed by atoms with Crippen LogP contribution >= 0.6 is 0 Å². The van der Waals surface area contributed by atoms with E-state index in [0.717, 1.165) is 30.5 Å². The van der Waals surface area contributed by atoms with E-state index < -0.39 is 11.7 Å². The van der Waals surface area contributed by atoms with Crippen molar-refractivity contribution in [3.63, 3.8) is 0 Å². The summed E-state index contributed by atoms with van der Waals surface area (Å²) in [5.41, 5.74) is 0.365. The first-order valence-electron chi connectivity index (χ1n) is 6.21. The number of alkyl halides is 3. The fraction of sp³-hybridized carbons (Fsp3) is 0.571. The summed E-state index contributed by atoms with van der Waals surface area (Å²) < 4.78 is 37.2. The van der Waals surface area contributed by atoms with Crippen molar-refractivity contribution in [2.45, 2.75) is 38.9 Å². The lowest BCUT2D eigenvalue weighted by Gasteiger charge is -2.22. The fourth-order valence-electron chi connectivity index (χ4n) is 2.23. The molecule has 0 spiro atoms. The Morgan fingerprint density at radius 2 is 1.72 bits per heavy atom. The highest BCUT2D eigenvalue weighted by Crippen LogP contribution is 2.29. The summed E-state index contributed by atoms with van der Waals surface area (Å²) in [7, 11) is 1.91. The molecule has 0 heterocycles. The number of hydrogen-bond acceptors (Lipinski definition) is 1. The van der Waals surface area contributed by atoms with Gasteiger partial charge in [0, 0.05) is 6.04 Å².